The Morgan fingerprint density at radius 3 is 2.59 bits per heavy atom. The van der Waals surface area contributed by atoms with E-state index in [1.165, 1.54) is 11.3 Å². The van der Waals surface area contributed by atoms with E-state index in [2.05, 4.69) is 25.7 Å². The Kier molecular flexibility index (Phi) is 7.59. The Labute approximate surface area is 207 Å². The van der Waals surface area contributed by atoms with Crippen LogP contribution >= 0.6 is 11.6 Å². The van der Waals surface area contributed by atoms with Crippen LogP contribution in [0.15, 0.2) is 48.5 Å². The number of likely N-dealkylation sites (N-methyl/N-ethyl adjacent to an activating group) is 1. The van der Waals surface area contributed by atoms with Crippen molar-refractivity contribution in [2.24, 2.45) is 5.92 Å². The molecule has 0 saturated heterocycles. The third kappa shape index (κ3) is 5.13. The molecular weight excluding hydrogens is 448 g/mol. The lowest BCUT2D eigenvalue weighted by atomic mass is 10.0. The van der Waals surface area contributed by atoms with Crippen LogP contribution < -0.4 is 4.74 Å². The van der Waals surface area contributed by atoms with Crippen molar-refractivity contribution >= 4 is 17.5 Å². The summed E-state index contributed by atoms with van der Waals surface area (Å²) < 4.78 is 7.66. The quantitative estimate of drug-likeness (QED) is 0.444. The fraction of sp³-hybridized carbons (Fsp3) is 0.407. The summed E-state index contributed by atoms with van der Waals surface area (Å²) in [5.41, 5.74) is 4.93. The first-order chi connectivity index (χ1) is 16.4. The Morgan fingerprint density at radius 1 is 1.18 bits per heavy atom. The highest BCUT2D eigenvalue weighted by Gasteiger charge is 2.28. The number of fused-ring (bicyclic) bond motifs is 1. The van der Waals surface area contributed by atoms with Gasteiger partial charge in [0.15, 0.2) is 0 Å². The molecular formula is C27H33ClN4O2. The van der Waals surface area contributed by atoms with Gasteiger partial charge < -0.3 is 9.64 Å². The van der Waals surface area contributed by atoms with Gasteiger partial charge in [0.25, 0.3) is 5.91 Å². The number of carbonyl (C=O) groups excluding carboxylic acids is 1. The number of hydrogen-bond acceptors (Lipinski definition) is 4. The van der Waals surface area contributed by atoms with Crippen molar-refractivity contribution in [2.45, 2.75) is 40.3 Å². The van der Waals surface area contributed by atoms with Crippen LogP contribution in [0.3, 0.4) is 0 Å². The average molecular weight is 481 g/mol. The van der Waals surface area contributed by atoms with E-state index in [1.807, 2.05) is 33.8 Å². The standard InChI is InChI=1S/C27H33ClN4O2/c1-5-30-15-14-24-22(17-30)23(29-32(24)25-8-6-7-9-26(25)34-4)18-31(16-19(2)3)27(33)20-10-12-21(28)13-11-20/h6-13,19H,5,14-18H2,1-4H3. The van der Waals surface area contributed by atoms with Crippen molar-refractivity contribution in [3.8, 4) is 11.4 Å². The second-order valence-electron chi connectivity index (χ2n) is 9.16. The molecule has 180 valence electrons. The molecule has 0 unspecified atom stereocenters. The van der Waals surface area contributed by atoms with Gasteiger partial charge in [0.1, 0.15) is 11.4 Å². The van der Waals surface area contributed by atoms with Crippen LogP contribution in [0.2, 0.25) is 5.02 Å². The van der Waals surface area contributed by atoms with Gasteiger partial charge in [-0.25, -0.2) is 4.68 Å². The highest BCUT2D eigenvalue weighted by molar-refractivity contribution is 6.30. The molecule has 34 heavy (non-hydrogen) atoms. The third-order valence-electron chi connectivity index (χ3n) is 6.28. The van der Waals surface area contributed by atoms with Gasteiger partial charge in [0, 0.05) is 42.2 Å². The minimum Gasteiger partial charge on any atom is -0.494 e. The lowest BCUT2D eigenvalue weighted by Crippen LogP contribution is -2.35. The summed E-state index contributed by atoms with van der Waals surface area (Å²) >= 11 is 6.05. The lowest BCUT2D eigenvalue weighted by molar-refractivity contribution is 0.0719. The largest absolute Gasteiger partial charge is 0.494 e. The summed E-state index contributed by atoms with van der Waals surface area (Å²) in [4.78, 5) is 17.8. The van der Waals surface area contributed by atoms with E-state index in [-0.39, 0.29) is 5.91 Å². The number of halogens is 1. The number of nitrogens with zero attached hydrogens (tertiary/aromatic N) is 4. The van der Waals surface area contributed by atoms with E-state index in [4.69, 9.17) is 21.4 Å². The van der Waals surface area contributed by atoms with E-state index >= 15 is 0 Å². The first-order valence-corrected chi connectivity index (χ1v) is 12.3. The molecule has 1 amide bonds. The van der Waals surface area contributed by atoms with Gasteiger partial charge in [-0.15, -0.1) is 0 Å². The zero-order valence-electron chi connectivity index (χ0n) is 20.4. The molecule has 7 heteroatoms. The summed E-state index contributed by atoms with van der Waals surface area (Å²) in [6.45, 7) is 10.4. The van der Waals surface area contributed by atoms with E-state index in [1.54, 1.807) is 31.4 Å². The maximum absolute atomic E-state index is 13.5. The molecule has 0 saturated carbocycles. The van der Waals surface area contributed by atoms with E-state index in [9.17, 15) is 4.79 Å². The molecule has 1 aliphatic rings. The number of ether oxygens (including phenoxy) is 1. The van der Waals surface area contributed by atoms with Crippen molar-refractivity contribution in [3.63, 3.8) is 0 Å². The molecule has 1 aliphatic heterocycles. The smallest absolute Gasteiger partial charge is 0.254 e. The molecule has 0 radical (unpaired) electrons. The molecule has 2 heterocycles. The predicted octanol–water partition coefficient (Wildman–Crippen LogP) is 5.21. The van der Waals surface area contributed by atoms with Crippen LogP contribution in [0.4, 0.5) is 0 Å². The Hall–Kier alpha value is -2.83. The van der Waals surface area contributed by atoms with Crippen LogP contribution in [-0.2, 0) is 19.5 Å². The fourth-order valence-electron chi connectivity index (χ4n) is 4.56. The van der Waals surface area contributed by atoms with Crippen LogP contribution in [0.1, 0.15) is 48.1 Å². The molecule has 4 rings (SSSR count). The predicted molar refractivity (Wildman–Crippen MR) is 136 cm³/mol. The van der Waals surface area contributed by atoms with E-state index in [0.29, 0.717) is 29.6 Å². The summed E-state index contributed by atoms with van der Waals surface area (Å²) in [5.74, 6) is 1.11. The monoisotopic (exact) mass is 480 g/mol. The number of aromatic nitrogens is 2. The van der Waals surface area contributed by atoms with Crippen molar-refractivity contribution < 1.29 is 9.53 Å². The number of rotatable bonds is 8. The minimum atomic E-state index is -0.00545. The zero-order valence-corrected chi connectivity index (χ0v) is 21.2. The van der Waals surface area contributed by atoms with Gasteiger partial charge in [0.05, 0.1) is 25.0 Å². The van der Waals surface area contributed by atoms with Crippen molar-refractivity contribution in [3.05, 3.63) is 76.1 Å². The number of carbonyl (C=O) groups is 1. The molecule has 0 N–H and O–H groups in total. The summed E-state index contributed by atoms with van der Waals surface area (Å²) in [6, 6.07) is 15.1. The number of hydrogen-bond donors (Lipinski definition) is 0. The van der Waals surface area contributed by atoms with Gasteiger partial charge >= 0.3 is 0 Å². The van der Waals surface area contributed by atoms with Crippen molar-refractivity contribution in [1.82, 2.24) is 19.6 Å². The van der Waals surface area contributed by atoms with Gasteiger partial charge in [0.2, 0.25) is 0 Å². The van der Waals surface area contributed by atoms with Gasteiger partial charge in [-0.1, -0.05) is 44.5 Å². The highest BCUT2D eigenvalue weighted by atomic mass is 35.5. The molecule has 3 aromatic rings. The Balaban J connectivity index is 1.75. The van der Waals surface area contributed by atoms with Crippen molar-refractivity contribution in [1.29, 1.82) is 0 Å². The Morgan fingerprint density at radius 2 is 1.91 bits per heavy atom. The number of benzene rings is 2. The summed E-state index contributed by atoms with van der Waals surface area (Å²) in [5, 5.41) is 5.69. The fourth-order valence-corrected chi connectivity index (χ4v) is 4.68. The second-order valence-corrected chi connectivity index (χ2v) is 9.60. The maximum Gasteiger partial charge on any atom is 0.254 e. The van der Waals surface area contributed by atoms with Crippen LogP contribution in [0, 0.1) is 5.92 Å². The molecule has 0 atom stereocenters. The summed E-state index contributed by atoms with van der Waals surface area (Å²) in [7, 11) is 1.68. The molecule has 0 spiro atoms. The SMILES string of the molecule is CCN1CCc2c(c(CN(CC(C)C)C(=O)c3ccc(Cl)cc3)nn2-c2ccccc2OC)C1. The molecule has 6 nitrogen and oxygen atoms in total. The van der Waals surface area contributed by atoms with Gasteiger partial charge in [-0.3, -0.25) is 9.69 Å². The normalized spacial score (nSPS) is 13.7. The average Bonchev–Trinajstić information content (AvgIpc) is 3.20. The van der Waals surface area contributed by atoms with E-state index in [0.717, 1.165) is 43.2 Å². The molecule has 0 bridgehead atoms. The first kappa shape index (κ1) is 24.3. The number of methoxy groups -OCH3 is 1. The zero-order chi connectivity index (χ0) is 24.2. The molecule has 2 aromatic carbocycles. The second kappa shape index (κ2) is 10.6. The minimum absolute atomic E-state index is 0.00545. The van der Waals surface area contributed by atoms with Crippen molar-refractivity contribution in [2.75, 3.05) is 26.7 Å². The van der Waals surface area contributed by atoms with Crippen LogP contribution in [-0.4, -0.2) is 52.2 Å². The maximum atomic E-state index is 13.5. The Bertz CT molecular complexity index is 1140. The van der Waals surface area contributed by atoms with Crippen LogP contribution in [0.5, 0.6) is 5.75 Å². The highest BCUT2D eigenvalue weighted by Crippen LogP contribution is 2.30. The molecule has 0 aliphatic carbocycles. The van der Waals surface area contributed by atoms with Gasteiger partial charge in [-0.05, 0) is 48.9 Å². The first-order valence-electron chi connectivity index (χ1n) is 11.9. The summed E-state index contributed by atoms with van der Waals surface area (Å²) in [6.07, 6.45) is 0.906. The number of para-hydroxylation sites is 2. The molecule has 0 fully saturated rings. The van der Waals surface area contributed by atoms with Gasteiger partial charge in [-0.2, -0.15) is 5.10 Å². The molecule has 1 aromatic heterocycles. The third-order valence-corrected chi connectivity index (χ3v) is 6.54. The van der Waals surface area contributed by atoms with E-state index < -0.39 is 0 Å². The van der Waals surface area contributed by atoms with Crippen LogP contribution in [0.25, 0.3) is 5.69 Å². The number of amides is 1. The topological polar surface area (TPSA) is 50.6 Å². The lowest BCUT2D eigenvalue weighted by Gasteiger charge is -2.28.